The van der Waals surface area contributed by atoms with Gasteiger partial charge >= 0.3 is 0 Å². The lowest BCUT2D eigenvalue weighted by molar-refractivity contribution is 0.0965. The van der Waals surface area contributed by atoms with Crippen molar-refractivity contribution in [1.82, 2.24) is 9.69 Å². The van der Waals surface area contributed by atoms with Gasteiger partial charge in [0.1, 0.15) is 10.6 Å². The smallest absolute Gasteiger partial charge is 0.257 e. The summed E-state index contributed by atoms with van der Waals surface area (Å²) in [6.07, 6.45) is 0. The van der Waals surface area contributed by atoms with Crippen LogP contribution in [0.4, 0.5) is 10.8 Å². The highest BCUT2D eigenvalue weighted by Crippen LogP contribution is 2.28. The summed E-state index contributed by atoms with van der Waals surface area (Å²) in [6.45, 7) is 4.87. The molecule has 2 aromatic rings. The van der Waals surface area contributed by atoms with Gasteiger partial charge < -0.3 is 16.4 Å². The summed E-state index contributed by atoms with van der Waals surface area (Å²) in [5, 5.41) is 6.51. The number of nitrogens with one attached hydrogen (secondary N) is 2. The molecular formula is C12H16N4OS2. The van der Waals surface area contributed by atoms with Crippen molar-refractivity contribution in [3.63, 3.8) is 0 Å². The number of amides is 1. The number of hydrogen-bond acceptors (Lipinski definition) is 6. The Labute approximate surface area is 120 Å². The van der Waals surface area contributed by atoms with E-state index in [4.69, 9.17) is 5.73 Å². The van der Waals surface area contributed by atoms with Gasteiger partial charge in [-0.05, 0) is 37.0 Å². The molecular weight excluding hydrogens is 280 g/mol. The van der Waals surface area contributed by atoms with Crippen molar-refractivity contribution in [3.05, 3.63) is 26.9 Å². The van der Waals surface area contributed by atoms with Crippen LogP contribution >= 0.6 is 22.9 Å². The molecule has 0 spiro atoms. The molecule has 0 aromatic carbocycles. The van der Waals surface area contributed by atoms with Gasteiger partial charge in [0.2, 0.25) is 0 Å². The minimum atomic E-state index is -0.215. The fraction of sp³-hybridized carbons (Fsp3) is 0.333. The highest BCUT2D eigenvalue weighted by molar-refractivity contribution is 7.12. The number of nitrogens with zero attached hydrogens (tertiary/aromatic N) is 1. The van der Waals surface area contributed by atoms with Crippen LogP contribution in [0.1, 0.15) is 25.7 Å². The minimum absolute atomic E-state index is 0.215. The zero-order valence-corrected chi connectivity index (χ0v) is 12.7. The summed E-state index contributed by atoms with van der Waals surface area (Å²) < 4.78 is 4.02. The maximum Gasteiger partial charge on any atom is 0.257 e. The maximum atomic E-state index is 11.7. The summed E-state index contributed by atoms with van der Waals surface area (Å²) >= 11 is 2.96. The first-order chi connectivity index (χ1) is 9.02. The number of carbonyl (C=O) groups is 1. The standard InChI is InChI=1S/C12H16N4OS2/c1-6-4-8(18-7(6)2)5-15-12-9(11(17)14-3)10(13)16-19-12/h4,15H,5H2,1-3H3,(H2,13,16)(H,14,17). The van der Waals surface area contributed by atoms with Gasteiger partial charge in [0.05, 0.1) is 6.54 Å². The van der Waals surface area contributed by atoms with Gasteiger partial charge in [-0.3, -0.25) is 4.79 Å². The Balaban J connectivity index is 2.13. The number of thiophene rings is 1. The number of aryl methyl sites for hydroxylation is 2. The first-order valence-electron chi connectivity index (χ1n) is 5.80. The number of aromatic nitrogens is 1. The third-order valence-electron chi connectivity index (χ3n) is 2.81. The molecule has 2 heterocycles. The number of anilines is 2. The van der Waals surface area contributed by atoms with Gasteiger partial charge in [-0.15, -0.1) is 11.3 Å². The molecule has 0 saturated carbocycles. The Morgan fingerprint density at radius 2 is 2.21 bits per heavy atom. The van der Waals surface area contributed by atoms with Gasteiger partial charge in [0.15, 0.2) is 5.82 Å². The zero-order valence-electron chi connectivity index (χ0n) is 11.0. The van der Waals surface area contributed by atoms with E-state index in [0.717, 1.165) is 0 Å². The van der Waals surface area contributed by atoms with E-state index in [1.54, 1.807) is 18.4 Å². The highest BCUT2D eigenvalue weighted by Gasteiger charge is 2.18. The van der Waals surface area contributed by atoms with E-state index in [1.165, 1.54) is 26.9 Å². The van der Waals surface area contributed by atoms with E-state index >= 15 is 0 Å². The molecule has 0 aliphatic rings. The van der Waals surface area contributed by atoms with Crippen LogP contribution in [0.2, 0.25) is 0 Å². The molecule has 0 aliphatic carbocycles. The molecule has 102 valence electrons. The van der Waals surface area contributed by atoms with Crippen molar-refractivity contribution < 1.29 is 4.79 Å². The number of rotatable bonds is 4. The van der Waals surface area contributed by atoms with Crippen LogP contribution in [0.5, 0.6) is 0 Å². The van der Waals surface area contributed by atoms with Crippen molar-refractivity contribution in [2.75, 3.05) is 18.1 Å². The largest absolute Gasteiger partial charge is 0.382 e. The Hall–Kier alpha value is -1.60. The summed E-state index contributed by atoms with van der Waals surface area (Å²) in [6, 6.07) is 2.15. The normalized spacial score (nSPS) is 10.5. The van der Waals surface area contributed by atoms with Crippen LogP contribution < -0.4 is 16.4 Å². The van der Waals surface area contributed by atoms with Crippen molar-refractivity contribution in [2.45, 2.75) is 20.4 Å². The van der Waals surface area contributed by atoms with E-state index in [9.17, 15) is 4.79 Å². The van der Waals surface area contributed by atoms with E-state index < -0.39 is 0 Å². The number of carbonyl (C=O) groups excluding carboxylic acids is 1. The third kappa shape index (κ3) is 2.87. The van der Waals surface area contributed by atoms with E-state index in [1.807, 2.05) is 0 Å². The maximum absolute atomic E-state index is 11.7. The van der Waals surface area contributed by atoms with Crippen LogP contribution in [-0.2, 0) is 6.54 Å². The van der Waals surface area contributed by atoms with Crippen LogP contribution in [0.15, 0.2) is 6.07 Å². The molecule has 2 rings (SSSR count). The summed E-state index contributed by atoms with van der Waals surface area (Å²) in [5.41, 5.74) is 7.43. The average molecular weight is 296 g/mol. The summed E-state index contributed by atoms with van der Waals surface area (Å²) in [7, 11) is 1.58. The Morgan fingerprint density at radius 3 is 2.79 bits per heavy atom. The first kappa shape index (κ1) is 13.8. The lowest BCUT2D eigenvalue weighted by Gasteiger charge is -2.04. The van der Waals surface area contributed by atoms with Crippen molar-refractivity contribution >= 4 is 39.6 Å². The van der Waals surface area contributed by atoms with Gasteiger partial charge in [0, 0.05) is 16.8 Å². The molecule has 5 nitrogen and oxygen atoms in total. The number of nitrogen functional groups attached to an aromatic ring is 1. The Bertz CT molecular complexity index is 583. The van der Waals surface area contributed by atoms with E-state index in [0.29, 0.717) is 17.1 Å². The minimum Gasteiger partial charge on any atom is -0.382 e. The van der Waals surface area contributed by atoms with Gasteiger partial charge in [-0.2, -0.15) is 4.37 Å². The topological polar surface area (TPSA) is 80.0 Å². The van der Waals surface area contributed by atoms with Gasteiger partial charge in [-0.1, -0.05) is 0 Å². The number of nitrogens with two attached hydrogens (primary N) is 1. The monoisotopic (exact) mass is 296 g/mol. The van der Waals surface area contributed by atoms with Gasteiger partial charge in [0.25, 0.3) is 5.91 Å². The lowest BCUT2D eigenvalue weighted by atomic mass is 10.2. The van der Waals surface area contributed by atoms with Crippen molar-refractivity contribution in [2.24, 2.45) is 0 Å². The average Bonchev–Trinajstić information content (AvgIpc) is 2.90. The van der Waals surface area contributed by atoms with E-state index in [-0.39, 0.29) is 11.7 Å². The predicted molar refractivity (Wildman–Crippen MR) is 81.0 cm³/mol. The predicted octanol–water partition coefficient (Wildman–Crippen LogP) is 2.38. The highest BCUT2D eigenvalue weighted by atomic mass is 32.1. The fourth-order valence-electron chi connectivity index (χ4n) is 1.67. The molecule has 0 unspecified atom stereocenters. The second-order valence-electron chi connectivity index (χ2n) is 4.16. The SMILES string of the molecule is CNC(=O)c1c(N)nsc1NCc1cc(C)c(C)s1. The first-order valence-corrected chi connectivity index (χ1v) is 7.39. The molecule has 1 amide bonds. The van der Waals surface area contributed by atoms with Crippen LogP contribution in [0.3, 0.4) is 0 Å². The fourth-order valence-corrected chi connectivity index (χ4v) is 3.37. The molecule has 0 bridgehead atoms. The Kier molecular flexibility index (Phi) is 4.06. The summed E-state index contributed by atoms with van der Waals surface area (Å²) in [4.78, 5) is 14.3. The summed E-state index contributed by atoms with van der Waals surface area (Å²) in [5.74, 6) is 0.0534. The molecule has 4 N–H and O–H groups in total. The van der Waals surface area contributed by atoms with Crippen molar-refractivity contribution in [1.29, 1.82) is 0 Å². The van der Waals surface area contributed by atoms with Crippen LogP contribution in [-0.4, -0.2) is 17.3 Å². The van der Waals surface area contributed by atoms with Crippen LogP contribution in [0.25, 0.3) is 0 Å². The number of hydrogen-bond donors (Lipinski definition) is 3. The Morgan fingerprint density at radius 1 is 1.47 bits per heavy atom. The molecule has 2 aromatic heterocycles. The molecule has 0 aliphatic heterocycles. The molecule has 0 fully saturated rings. The van der Waals surface area contributed by atoms with Crippen LogP contribution in [0, 0.1) is 13.8 Å². The molecule has 0 saturated heterocycles. The second-order valence-corrected chi connectivity index (χ2v) is 6.27. The lowest BCUT2D eigenvalue weighted by Crippen LogP contribution is -2.19. The quantitative estimate of drug-likeness (QED) is 0.809. The zero-order chi connectivity index (χ0) is 14.0. The second kappa shape index (κ2) is 5.58. The van der Waals surface area contributed by atoms with E-state index in [2.05, 4.69) is 34.9 Å². The molecule has 7 heteroatoms. The van der Waals surface area contributed by atoms with Gasteiger partial charge in [-0.25, -0.2) is 0 Å². The third-order valence-corrected chi connectivity index (χ3v) is 4.78. The molecule has 0 atom stereocenters. The molecule has 19 heavy (non-hydrogen) atoms. The molecule has 0 radical (unpaired) electrons. The van der Waals surface area contributed by atoms with Crippen molar-refractivity contribution in [3.8, 4) is 0 Å².